The summed E-state index contributed by atoms with van der Waals surface area (Å²) in [6.45, 7) is 5.33. The predicted octanol–water partition coefficient (Wildman–Crippen LogP) is 4.30. The van der Waals surface area contributed by atoms with E-state index in [-0.39, 0.29) is 16.9 Å². The molecule has 2 aromatic rings. The Morgan fingerprint density at radius 2 is 2.00 bits per heavy atom. The molecule has 0 bridgehead atoms. The van der Waals surface area contributed by atoms with E-state index in [2.05, 4.69) is 26.1 Å². The first kappa shape index (κ1) is 22.2. The van der Waals surface area contributed by atoms with Gasteiger partial charge in [-0.3, -0.25) is 19.8 Å². The number of carbonyl (C=O) groups excluding carboxylic acids is 1. The summed E-state index contributed by atoms with van der Waals surface area (Å²) in [5, 5.41) is 15.7. The number of rotatable bonds is 6. The van der Waals surface area contributed by atoms with Crippen molar-refractivity contribution in [3.8, 4) is 11.5 Å². The fourth-order valence-corrected chi connectivity index (χ4v) is 6.68. The third-order valence-corrected chi connectivity index (χ3v) is 7.69. The molecule has 2 aromatic carbocycles. The molecule has 3 heterocycles. The lowest BCUT2D eigenvalue weighted by atomic mass is 9.77. The van der Waals surface area contributed by atoms with Crippen LogP contribution in [0.4, 0.5) is 5.69 Å². The highest BCUT2D eigenvalue weighted by Crippen LogP contribution is 2.58. The molecule has 8 nitrogen and oxygen atoms in total. The van der Waals surface area contributed by atoms with E-state index < -0.39 is 17.5 Å². The van der Waals surface area contributed by atoms with Crippen molar-refractivity contribution in [1.82, 2.24) is 4.90 Å². The standard InChI is InChI=1S/C24H26BrN3O5/c1-3-32-19-13-14(12-16(25)21(19)33-4-2)20-18-10-7-11-27(18)24(22(20)28(30)31)15-8-5-6-9-17(15)26-23(24)29/h5-6,8-9,12-13,18,20,22H,3-4,7,10-11H2,1-2H3,(H,26,29)/t18-,20+,22+,24+/m0/s1. The number of amides is 1. The molecule has 1 amide bonds. The van der Waals surface area contributed by atoms with Crippen LogP contribution >= 0.6 is 15.9 Å². The van der Waals surface area contributed by atoms with Gasteiger partial charge >= 0.3 is 0 Å². The van der Waals surface area contributed by atoms with E-state index in [0.717, 1.165) is 18.4 Å². The molecule has 2 fully saturated rings. The van der Waals surface area contributed by atoms with Gasteiger partial charge in [0.05, 0.1) is 23.6 Å². The summed E-state index contributed by atoms with van der Waals surface area (Å²) in [4.78, 5) is 28.1. The number of ether oxygens (including phenoxy) is 2. The van der Waals surface area contributed by atoms with Crippen molar-refractivity contribution in [3.63, 3.8) is 0 Å². The molecule has 33 heavy (non-hydrogen) atoms. The number of carbonyl (C=O) groups is 1. The van der Waals surface area contributed by atoms with Gasteiger partial charge in [0.2, 0.25) is 0 Å². The van der Waals surface area contributed by atoms with Gasteiger partial charge in [0.1, 0.15) is 0 Å². The van der Waals surface area contributed by atoms with Gasteiger partial charge in [0.15, 0.2) is 17.0 Å². The number of nitrogens with one attached hydrogen (secondary N) is 1. The summed E-state index contributed by atoms with van der Waals surface area (Å²) >= 11 is 3.59. The second kappa shape index (κ2) is 8.29. The topological polar surface area (TPSA) is 93.9 Å². The Bertz CT molecular complexity index is 1130. The molecule has 0 radical (unpaired) electrons. The maximum atomic E-state index is 13.6. The Hall–Kier alpha value is -2.65. The molecular formula is C24H26BrN3O5. The number of anilines is 1. The van der Waals surface area contributed by atoms with E-state index in [4.69, 9.17) is 9.47 Å². The molecular weight excluding hydrogens is 490 g/mol. The Morgan fingerprint density at radius 1 is 1.24 bits per heavy atom. The molecule has 3 aliphatic rings. The van der Waals surface area contributed by atoms with Gasteiger partial charge in [-0.2, -0.15) is 0 Å². The lowest BCUT2D eigenvalue weighted by molar-refractivity contribution is -0.534. The summed E-state index contributed by atoms with van der Waals surface area (Å²) < 4.78 is 12.3. The van der Waals surface area contributed by atoms with Crippen LogP contribution in [0.25, 0.3) is 0 Å². The van der Waals surface area contributed by atoms with E-state index >= 15 is 0 Å². The van der Waals surface area contributed by atoms with Crippen molar-refractivity contribution < 1.29 is 19.2 Å². The second-order valence-electron chi connectivity index (χ2n) is 8.62. The van der Waals surface area contributed by atoms with Crippen molar-refractivity contribution in [2.75, 3.05) is 25.1 Å². The van der Waals surface area contributed by atoms with Crippen molar-refractivity contribution >= 4 is 27.5 Å². The summed E-state index contributed by atoms with van der Waals surface area (Å²) in [7, 11) is 0. The summed E-state index contributed by atoms with van der Waals surface area (Å²) in [5.41, 5.74) is 0.800. The van der Waals surface area contributed by atoms with E-state index in [9.17, 15) is 14.9 Å². The lowest BCUT2D eigenvalue weighted by Gasteiger charge is -2.32. The third-order valence-electron chi connectivity index (χ3n) is 7.10. The average Bonchev–Trinajstić information content (AvgIpc) is 3.44. The lowest BCUT2D eigenvalue weighted by Crippen LogP contribution is -2.55. The molecule has 4 atom stereocenters. The number of hydrogen-bond donors (Lipinski definition) is 1. The van der Waals surface area contributed by atoms with E-state index in [1.807, 2.05) is 50.2 Å². The van der Waals surface area contributed by atoms with Crippen molar-refractivity contribution in [2.45, 2.75) is 50.2 Å². The van der Waals surface area contributed by atoms with E-state index in [1.54, 1.807) is 0 Å². The largest absolute Gasteiger partial charge is 0.490 e. The van der Waals surface area contributed by atoms with Crippen LogP contribution in [0.1, 0.15) is 43.7 Å². The summed E-state index contributed by atoms with van der Waals surface area (Å²) in [5.74, 6) is 0.341. The number of nitrogens with zero attached hydrogens (tertiary/aromatic N) is 2. The van der Waals surface area contributed by atoms with Crippen molar-refractivity contribution in [2.24, 2.45) is 0 Å². The molecule has 5 rings (SSSR count). The van der Waals surface area contributed by atoms with Crippen LogP contribution in [0.5, 0.6) is 11.5 Å². The molecule has 9 heteroatoms. The fraction of sp³-hybridized carbons (Fsp3) is 0.458. The Balaban J connectivity index is 1.71. The molecule has 0 aliphatic carbocycles. The smallest absolute Gasteiger partial charge is 0.256 e. The number of para-hydroxylation sites is 1. The normalized spacial score (nSPS) is 28.0. The maximum absolute atomic E-state index is 13.6. The first-order chi connectivity index (χ1) is 15.9. The van der Waals surface area contributed by atoms with Gasteiger partial charge in [0.25, 0.3) is 11.9 Å². The number of benzene rings is 2. The third kappa shape index (κ3) is 3.09. The zero-order valence-corrected chi connectivity index (χ0v) is 20.1. The van der Waals surface area contributed by atoms with Crippen LogP contribution in [-0.2, 0) is 10.3 Å². The first-order valence-electron chi connectivity index (χ1n) is 11.3. The highest BCUT2D eigenvalue weighted by molar-refractivity contribution is 9.10. The molecule has 3 aliphatic heterocycles. The average molecular weight is 516 g/mol. The molecule has 0 aromatic heterocycles. The van der Waals surface area contributed by atoms with Gasteiger partial charge in [-0.15, -0.1) is 0 Å². The SMILES string of the molecule is CCOc1cc([C@@H]2[C@@H]3CCCN3[C@@]3(C(=O)Nc4ccccc43)[C@@H]2[N+](=O)[O-])cc(Br)c1OCC. The Morgan fingerprint density at radius 3 is 2.73 bits per heavy atom. The van der Waals surface area contributed by atoms with Crippen molar-refractivity contribution in [3.05, 3.63) is 62.1 Å². The quantitative estimate of drug-likeness (QED) is 0.455. The highest BCUT2D eigenvalue weighted by atomic mass is 79.9. The molecule has 1 N–H and O–H groups in total. The summed E-state index contributed by atoms with van der Waals surface area (Å²) in [6, 6.07) is 9.83. The van der Waals surface area contributed by atoms with E-state index in [0.29, 0.717) is 47.0 Å². The highest BCUT2D eigenvalue weighted by Gasteiger charge is 2.73. The molecule has 1 spiro atoms. The van der Waals surface area contributed by atoms with Crippen molar-refractivity contribution in [1.29, 1.82) is 0 Å². The molecule has 0 unspecified atom stereocenters. The summed E-state index contributed by atoms with van der Waals surface area (Å²) in [6.07, 6.45) is 1.68. The van der Waals surface area contributed by atoms with Crippen LogP contribution < -0.4 is 14.8 Å². The van der Waals surface area contributed by atoms with Crippen LogP contribution in [0, 0.1) is 10.1 Å². The zero-order chi connectivity index (χ0) is 23.3. The van der Waals surface area contributed by atoms with Crippen LogP contribution in [0.15, 0.2) is 40.9 Å². The monoisotopic (exact) mass is 515 g/mol. The Labute approximate surface area is 200 Å². The van der Waals surface area contributed by atoms with Gasteiger partial charge < -0.3 is 14.8 Å². The van der Waals surface area contributed by atoms with Crippen LogP contribution in [0.2, 0.25) is 0 Å². The maximum Gasteiger partial charge on any atom is 0.256 e. The number of nitro groups is 1. The molecule has 174 valence electrons. The number of hydrogen-bond acceptors (Lipinski definition) is 6. The minimum atomic E-state index is -1.33. The zero-order valence-electron chi connectivity index (χ0n) is 18.5. The number of halogens is 1. The first-order valence-corrected chi connectivity index (χ1v) is 12.1. The van der Waals surface area contributed by atoms with Gasteiger partial charge in [-0.25, -0.2) is 0 Å². The number of fused-ring (bicyclic) bond motifs is 4. The second-order valence-corrected chi connectivity index (χ2v) is 9.48. The van der Waals surface area contributed by atoms with Gasteiger partial charge in [-0.1, -0.05) is 18.2 Å². The minimum Gasteiger partial charge on any atom is -0.490 e. The predicted molar refractivity (Wildman–Crippen MR) is 126 cm³/mol. The Kier molecular flexibility index (Phi) is 5.56. The van der Waals surface area contributed by atoms with E-state index in [1.165, 1.54) is 0 Å². The minimum absolute atomic E-state index is 0.128. The van der Waals surface area contributed by atoms with Gasteiger partial charge in [0, 0.05) is 28.8 Å². The van der Waals surface area contributed by atoms with Crippen LogP contribution in [0.3, 0.4) is 0 Å². The molecule has 2 saturated heterocycles. The van der Waals surface area contributed by atoms with Crippen LogP contribution in [-0.4, -0.2) is 47.6 Å². The van der Waals surface area contributed by atoms with Gasteiger partial charge in [-0.05, 0) is 66.4 Å². The molecule has 0 saturated carbocycles. The fourth-order valence-electron chi connectivity index (χ4n) is 6.10.